The van der Waals surface area contributed by atoms with Crippen LogP contribution in [0.3, 0.4) is 0 Å². The van der Waals surface area contributed by atoms with Crippen molar-refractivity contribution in [3.8, 4) is 0 Å². The first-order valence-corrected chi connectivity index (χ1v) is 11.5. The van der Waals surface area contributed by atoms with Crippen LogP contribution in [0, 0.1) is 5.92 Å². The van der Waals surface area contributed by atoms with Gasteiger partial charge in [-0.2, -0.15) is 0 Å². The highest BCUT2D eigenvalue weighted by molar-refractivity contribution is 6.74. The van der Waals surface area contributed by atoms with E-state index in [2.05, 4.69) is 51.0 Å². The van der Waals surface area contributed by atoms with Crippen molar-refractivity contribution >= 4 is 8.32 Å². The lowest BCUT2D eigenvalue weighted by Gasteiger charge is -2.37. The molecule has 5 heteroatoms. The van der Waals surface area contributed by atoms with Gasteiger partial charge in [0.25, 0.3) is 0 Å². The van der Waals surface area contributed by atoms with Gasteiger partial charge in [0, 0.05) is 5.92 Å². The topological polar surface area (TPSA) is 48.2 Å². The molecule has 1 saturated carbocycles. The number of hydrogen-bond donors (Lipinski definition) is 0. The highest BCUT2D eigenvalue weighted by Gasteiger charge is 2.40. The minimum Gasteiger partial charge on any atom is -0.422 e. The van der Waals surface area contributed by atoms with Gasteiger partial charge < -0.3 is 8.84 Å². The first-order valence-electron chi connectivity index (χ1n) is 8.61. The summed E-state index contributed by atoms with van der Waals surface area (Å²) in [4.78, 5) is 0. The van der Waals surface area contributed by atoms with Crippen molar-refractivity contribution in [2.45, 2.75) is 91.5 Å². The maximum Gasteiger partial charge on any atom is 0.243 e. The summed E-state index contributed by atoms with van der Waals surface area (Å²) in [5, 5.41) is 8.58. The first kappa shape index (κ1) is 19.4. The molecule has 22 heavy (non-hydrogen) atoms. The Bertz CT molecular complexity index is 459. The Kier molecular flexibility index (Phi) is 6.39. The summed E-state index contributed by atoms with van der Waals surface area (Å²) in [6.07, 6.45) is 2.22. The van der Waals surface area contributed by atoms with E-state index in [-0.39, 0.29) is 11.1 Å². The van der Waals surface area contributed by atoms with Gasteiger partial charge in [-0.3, -0.25) is 0 Å². The monoisotopic (exact) mass is 326 g/mol. The van der Waals surface area contributed by atoms with E-state index in [1.165, 1.54) is 12.8 Å². The zero-order chi connectivity index (χ0) is 17.1. The van der Waals surface area contributed by atoms with Crippen molar-refractivity contribution in [1.82, 2.24) is 10.2 Å². The van der Waals surface area contributed by atoms with E-state index in [4.69, 9.17) is 8.84 Å². The predicted molar refractivity (Wildman–Crippen MR) is 93.5 cm³/mol. The number of hydrogen-bond acceptors (Lipinski definition) is 4. The standard InChI is InChI=1S/C15H28N2O2Si.C2H6/c1-10-8-12(9-10)14-17-16-13(18-14)11(2)19-20(6,7)15(3,4)5;1-2/h10-12H,8-9H2,1-7H3;1-2H3/t10?,11-,12?;/m1./s1. The average molecular weight is 327 g/mol. The summed E-state index contributed by atoms with van der Waals surface area (Å²) in [6.45, 7) is 19.5. The summed E-state index contributed by atoms with van der Waals surface area (Å²) < 4.78 is 12.1. The normalized spacial score (nSPS) is 23.3. The van der Waals surface area contributed by atoms with Crippen LogP contribution in [0.15, 0.2) is 4.42 Å². The Morgan fingerprint density at radius 3 is 2.18 bits per heavy atom. The van der Waals surface area contributed by atoms with Gasteiger partial charge in [0.15, 0.2) is 8.32 Å². The van der Waals surface area contributed by atoms with E-state index < -0.39 is 8.32 Å². The Morgan fingerprint density at radius 2 is 1.73 bits per heavy atom. The average Bonchev–Trinajstić information content (AvgIpc) is 2.85. The smallest absolute Gasteiger partial charge is 0.243 e. The van der Waals surface area contributed by atoms with E-state index >= 15 is 0 Å². The molecule has 0 aliphatic heterocycles. The van der Waals surface area contributed by atoms with Crippen LogP contribution >= 0.6 is 0 Å². The highest BCUT2D eigenvalue weighted by atomic mass is 28.4. The molecule has 0 radical (unpaired) electrons. The SMILES string of the molecule is CC.CC1CC(c2nnc([C@@H](C)O[Si](C)(C)C(C)(C)C)o2)C1. The third-order valence-corrected chi connectivity index (χ3v) is 9.36. The second-order valence-corrected chi connectivity index (χ2v) is 12.5. The van der Waals surface area contributed by atoms with Gasteiger partial charge in [0.05, 0.1) is 0 Å². The minimum absolute atomic E-state index is 0.116. The van der Waals surface area contributed by atoms with Crippen molar-refractivity contribution in [3.05, 3.63) is 11.8 Å². The van der Waals surface area contributed by atoms with Crippen LogP contribution < -0.4 is 0 Å². The van der Waals surface area contributed by atoms with Gasteiger partial charge in [-0.15, -0.1) is 10.2 Å². The molecule has 4 nitrogen and oxygen atoms in total. The molecule has 0 bridgehead atoms. The van der Waals surface area contributed by atoms with E-state index in [9.17, 15) is 0 Å². The van der Waals surface area contributed by atoms with Gasteiger partial charge >= 0.3 is 0 Å². The van der Waals surface area contributed by atoms with Gasteiger partial charge in [0.1, 0.15) is 6.10 Å². The Labute approximate surface area is 137 Å². The maximum atomic E-state index is 6.30. The fourth-order valence-corrected chi connectivity index (χ4v) is 3.69. The Balaban J connectivity index is 0.00000116. The van der Waals surface area contributed by atoms with Crippen LogP contribution in [0.25, 0.3) is 0 Å². The molecule has 1 atom stereocenters. The first-order chi connectivity index (χ1) is 10.1. The van der Waals surface area contributed by atoms with Crippen molar-refractivity contribution in [2.75, 3.05) is 0 Å². The van der Waals surface area contributed by atoms with Gasteiger partial charge in [0.2, 0.25) is 11.8 Å². The Hall–Kier alpha value is -0.683. The van der Waals surface area contributed by atoms with Crippen LogP contribution in [-0.2, 0) is 4.43 Å². The third kappa shape index (κ3) is 4.41. The van der Waals surface area contributed by atoms with Crippen molar-refractivity contribution < 1.29 is 8.84 Å². The molecule has 1 aliphatic rings. The summed E-state index contributed by atoms with van der Waals surface area (Å²) in [5.74, 6) is 2.68. The van der Waals surface area contributed by atoms with Crippen LogP contribution in [0.2, 0.25) is 18.1 Å². The molecule has 0 spiro atoms. The molecule has 0 amide bonds. The van der Waals surface area contributed by atoms with Gasteiger partial charge in [-0.25, -0.2) is 0 Å². The molecule has 1 aromatic heterocycles. The van der Waals surface area contributed by atoms with Crippen molar-refractivity contribution in [2.24, 2.45) is 5.92 Å². The fourth-order valence-electron chi connectivity index (χ4n) is 2.35. The lowest BCUT2D eigenvalue weighted by atomic mass is 9.76. The molecule has 1 aliphatic carbocycles. The summed E-state index contributed by atoms with van der Waals surface area (Å²) in [7, 11) is -1.80. The molecule has 2 rings (SSSR count). The number of nitrogens with zero attached hydrogens (tertiary/aromatic N) is 2. The molecule has 0 saturated heterocycles. The van der Waals surface area contributed by atoms with Crippen LogP contribution in [0.1, 0.15) is 85.1 Å². The lowest BCUT2D eigenvalue weighted by molar-refractivity contribution is 0.160. The van der Waals surface area contributed by atoms with E-state index in [0.717, 1.165) is 11.8 Å². The zero-order valence-corrected chi connectivity index (χ0v) is 16.9. The third-order valence-electron chi connectivity index (χ3n) is 4.80. The maximum absolute atomic E-state index is 6.30. The quantitative estimate of drug-likeness (QED) is 0.667. The second-order valence-electron chi connectivity index (χ2n) is 7.77. The summed E-state index contributed by atoms with van der Waals surface area (Å²) >= 11 is 0. The minimum atomic E-state index is -1.80. The molecule has 128 valence electrons. The van der Waals surface area contributed by atoms with Crippen LogP contribution in [0.4, 0.5) is 0 Å². The molecular weight excluding hydrogens is 292 g/mol. The number of rotatable bonds is 4. The van der Waals surface area contributed by atoms with Crippen LogP contribution in [0.5, 0.6) is 0 Å². The van der Waals surface area contributed by atoms with E-state index in [1.807, 2.05) is 20.8 Å². The van der Waals surface area contributed by atoms with Crippen LogP contribution in [-0.4, -0.2) is 18.5 Å². The number of aromatic nitrogens is 2. The zero-order valence-electron chi connectivity index (χ0n) is 15.9. The highest BCUT2D eigenvalue weighted by Crippen LogP contribution is 2.42. The molecule has 0 N–H and O–H groups in total. The van der Waals surface area contributed by atoms with Gasteiger partial charge in [-0.05, 0) is 43.8 Å². The largest absolute Gasteiger partial charge is 0.422 e. The fraction of sp³-hybridized carbons (Fsp3) is 0.882. The predicted octanol–water partition coefficient (Wildman–Crippen LogP) is 5.69. The molecule has 1 heterocycles. The molecule has 0 unspecified atom stereocenters. The van der Waals surface area contributed by atoms with Crippen molar-refractivity contribution in [3.63, 3.8) is 0 Å². The lowest BCUT2D eigenvalue weighted by Crippen LogP contribution is -2.41. The van der Waals surface area contributed by atoms with E-state index in [0.29, 0.717) is 11.8 Å². The van der Waals surface area contributed by atoms with Crippen molar-refractivity contribution in [1.29, 1.82) is 0 Å². The summed E-state index contributed by atoms with van der Waals surface area (Å²) in [6, 6.07) is 0. The molecule has 1 fully saturated rings. The summed E-state index contributed by atoms with van der Waals surface area (Å²) in [5.41, 5.74) is 0. The molecule has 1 aromatic rings. The second kappa shape index (κ2) is 7.26. The molecule has 0 aromatic carbocycles. The van der Waals surface area contributed by atoms with Gasteiger partial charge in [-0.1, -0.05) is 41.5 Å². The molecular formula is C17H34N2O2Si. The van der Waals surface area contributed by atoms with E-state index in [1.54, 1.807) is 0 Å². The Morgan fingerprint density at radius 1 is 1.18 bits per heavy atom.